The maximum absolute atomic E-state index is 12.4. The molecule has 118 valence electrons. The number of aromatic amines is 1. The maximum Gasteiger partial charge on any atom is 0.416 e. The number of benzene rings is 1. The quantitative estimate of drug-likeness (QED) is 0.906. The van der Waals surface area contributed by atoms with Crippen molar-refractivity contribution in [3.63, 3.8) is 0 Å². The van der Waals surface area contributed by atoms with Crippen LogP contribution in [-0.4, -0.2) is 16.1 Å². The first kappa shape index (κ1) is 16.1. The number of nitrogens with one attached hydrogen (secondary N) is 2. The Balaban J connectivity index is 1.92. The van der Waals surface area contributed by atoms with Gasteiger partial charge >= 0.3 is 6.18 Å². The Hall–Kier alpha value is -2.31. The molecule has 1 aromatic heterocycles. The number of nitrogens with zero attached hydrogens (tertiary/aromatic N) is 1. The molecule has 1 aromatic carbocycles. The van der Waals surface area contributed by atoms with Crippen molar-refractivity contribution in [3.05, 3.63) is 46.8 Å². The lowest BCUT2D eigenvalue weighted by Crippen LogP contribution is -2.13. The second-order valence-corrected chi connectivity index (χ2v) is 5.04. The minimum atomic E-state index is -4.38. The van der Waals surface area contributed by atoms with Crippen LogP contribution in [0.15, 0.2) is 24.3 Å². The SMILES string of the molecule is Cc1n[nH]c(C)c1CCC(=O)Nc1ccc(C(F)(F)F)cc1. The summed E-state index contributed by atoms with van der Waals surface area (Å²) in [6.07, 6.45) is -3.61. The van der Waals surface area contributed by atoms with Crippen LogP contribution in [0, 0.1) is 13.8 Å². The number of aryl methyl sites for hydroxylation is 2. The first-order valence-electron chi connectivity index (χ1n) is 6.75. The number of rotatable bonds is 4. The number of aromatic nitrogens is 2. The number of amides is 1. The summed E-state index contributed by atoms with van der Waals surface area (Å²) in [7, 11) is 0. The van der Waals surface area contributed by atoms with Gasteiger partial charge in [0.15, 0.2) is 0 Å². The number of carbonyl (C=O) groups excluding carboxylic acids is 1. The molecule has 7 heteroatoms. The van der Waals surface area contributed by atoms with Crippen molar-refractivity contribution in [2.75, 3.05) is 5.32 Å². The van der Waals surface area contributed by atoms with E-state index in [2.05, 4.69) is 15.5 Å². The molecule has 1 heterocycles. The first-order valence-corrected chi connectivity index (χ1v) is 6.75. The standard InChI is InChI=1S/C15H16F3N3O/c1-9-13(10(2)21-20-9)7-8-14(22)19-12-5-3-11(4-6-12)15(16,17)18/h3-6H,7-8H2,1-2H3,(H,19,22)(H,20,21). The van der Waals surface area contributed by atoms with Gasteiger partial charge in [0.05, 0.1) is 11.3 Å². The third-order valence-electron chi connectivity index (χ3n) is 3.38. The van der Waals surface area contributed by atoms with E-state index in [4.69, 9.17) is 0 Å². The topological polar surface area (TPSA) is 57.8 Å². The van der Waals surface area contributed by atoms with Crippen LogP contribution in [0.1, 0.15) is 28.9 Å². The molecule has 0 aliphatic rings. The van der Waals surface area contributed by atoms with Gasteiger partial charge in [-0.2, -0.15) is 18.3 Å². The fourth-order valence-electron chi connectivity index (χ4n) is 2.15. The summed E-state index contributed by atoms with van der Waals surface area (Å²) in [6.45, 7) is 3.73. The number of halogens is 3. The second-order valence-electron chi connectivity index (χ2n) is 5.04. The molecule has 22 heavy (non-hydrogen) atoms. The number of carbonyl (C=O) groups is 1. The highest BCUT2D eigenvalue weighted by atomic mass is 19.4. The molecule has 0 saturated heterocycles. The predicted molar refractivity (Wildman–Crippen MR) is 76.5 cm³/mol. The number of hydrogen-bond acceptors (Lipinski definition) is 2. The van der Waals surface area contributed by atoms with Crippen molar-refractivity contribution >= 4 is 11.6 Å². The van der Waals surface area contributed by atoms with Gasteiger partial charge in [0.25, 0.3) is 0 Å². The molecule has 2 rings (SSSR count). The Morgan fingerprint density at radius 1 is 1.23 bits per heavy atom. The van der Waals surface area contributed by atoms with Crippen LogP contribution >= 0.6 is 0 Å². The van der Waals surface area contributed by atoms with Crippen LogP contribution < -0.4 is 5.32 Å². The summed E-state index contributed by atoms with van der Waals surface area (Å²) in [4.78, 5) is 11.8. The lowest BCUT2D eigenvalue weighted by Gasteiger charge is -2.09. The van der Waals surface area contributed by atoms with Crippen LogP contribution in [0.3, 0.4) is 0 Å². The summed E-state index contributed by atoms with van der Waals surface area (Å²) in [5, 5.41) is 9.48. The van der Waals surface area contributed by atoms with Gasteiger partial charge in [-0.1, -0.05) is 0 Å². The Bertz CT molecular complexity index is 640. The van der Waals surface area contributed by atoms with Crippen molar-refractivity contribution in [2.45, 2.75) is 32.9 Å². The fourth-order valence-corrected chi connectivity index (χ4v) is 2.15. The lowest BCUT2D eigenvalue weighted by molar-refractivity contribution is -0.137. The summed E-state index contributed by atoms with van der Waals surface area (Å²) >= 11 is 0. The smallest absolute Gasteiger partial charge is 0.326 e. The van der Waals surface area contributed by atoms with Gasteiger partial charge in [-0.25, -0.2) is 0 Å². The van der Waals surface area contributed by atoms with Gasteiger partial charge < -0.3 is 5.32 Å². The molecule has 0 fully saturated rings. The summed E-state index contributed by atoms with van der Waals surface area (Å²) in [5.74, 6) is -0.250. The zero-order valence-corrected chi connectivity index (χ0v) is 12.2. The molecule has 0 unspecified atom stereocenters. The van der Waals surface area contributed by atoms with E-state index in [1.807, 2.05) is 13.8 Å². The lowest BCUT2D eigenvalue weighted by atomic mass is 10.1. The zero-order chi connectivity index (χ0) is 16.3. The molecular weight excluding hydrogens is 295 g/mol. The summed E-state index contributed by atoms with van der Waals surface area (Å²) < 4.78 is 37.3. The van der Waals surface area contributed by atoms with Crippen LogP contribution in [0.25, 0.3) is 0 Å². The largest absolute Gasteiger partial charge is 0.416 e. The predicted octanol–water partition coefficient (Wildman–Crippen LogP) is 3.62. The normalized spacial score (nSPS) is 11.5. The van der Waals surface area contributed by atoms with Gasteiger partial charge in [-0.05, 0) is 50.1 Å². The Labute approximate surface area is 125 Å². The van der Waals surface area contributed by atoms with E-state index in [9.17, 15) is 18.0 Å². The van der Waals surface area contributed by atoms with E-state index in [-0.39, 0.29) is 12.3 Å². The Kier molecular flexibility index (Phi) is 4.54. The van der Waals surface area contributed by atoms with Crippen molar-refractivity contribution in [2.24, 2.45) is 0 Å². The van der Waals surface area contributed by atoms with Crippen LogP contribution in [0.2, 0.25) is 0 Å². The average molecular weight is 311 g/mol. The van der Waals surface area contributed by atoms with Crippen molar-refractivity contribution in [1.29, 1.82) is 0 Å². The highest BCUT2D eigenvalue weighted by molar-refractivity contribution is 5.90. The number of alkyl halides is 3. The molecule has 2 N–H and O–H groups in total. The van der Waals surface area contributed by atoms with E-state index in [1.165, 1.54) is 12.1 Å². The number of anilines is 1. The van der Waals surface area contributed by atoms with E-state index < -0.39 is 11.7 Å². The monoisotopic (exact) mass is 311 g/mol. The minimum absolute atomic E-state index is 0.238. The highest BCUT2D eigenvalue weighted by Crippen LogP contribution is 2.29. The van der Waals surface area contributed by atoms with Crippen molar-refractivity contribution in [1.82, 2.24) is 10.2 Å². The fraction of sp³-hybridized carbons (Fsp3) is 0.333. The molecular formula is C15H16F3N3O. The average Bonchev–Trinajstić information content (AvgIpc) is 2.75. The van der Waals surface area contributed by atoms with E-state index >= 15 is 0 Å². The molecule has 0 aliphatic carbocycles. The molecule has 0 bridgehead atoms. The molecule has 0 radical (unpaired) electrons. The van der Waals surface area contributed by atoms with Gasteiger partial charge in [-0.15, -0.1) is 0 Å². The molecule has 0 saturated carbocycles. The molecule has 0 atom stereocenters. The van der Waals surface area contributed by atoms with Gasteiger partial charge in [0, 0.05) is 17.8 Å². The molecule has 1 amide bonds. The number of H-pyrrole nitrogens is 1. The molecule has 4 nitrogen and oxygen atoms in total. The summed E-state index contributed by atoms with van der Waals surface area (Å²) in [5.41, 5.74) is 2.36. The minimum Gasteiger partial charge on any atom is -0.326 e. The van der Waals surface area contributed by atoms with Gasteiger partial charge in [0.2, 0.25) is 5.91 Å². The first-order chi connectivity index (χ1) is 10.3. The summed E-state index contributed by atoms with van der Waals surface area (Å²) in [6, 6.07) is 4.38. The third kappa shape index (κ3) is 3.87. The van der Waals surface area contributed by atoms with Crippen LogP contribution in [0.5, 0.6) is 0 Å². The highest BCUT2D eigenvalue weighted by Gasteiger charge is 2.29. The Morgan fingerprint density at radius 2 is 1.86 bits per heavy atom. The van der Waals surface area contributed by atoms with Gasteiger partial charge in [0.1, 0.15) is 0 Å². The zero-order valence-electron chi connectivity index (χ0n) is 12.2. The van der Waals surface area contributed by atoms with E-state index in [1.54, 1.807) is 0 Å². The Morgan fingerprint density at radius 3 is 2.36 bits per heavy atom. The van der Waals surface area contributed by atoms with Crippen LogP contribution in [0.4, 0.5) is 18.9 Å². The number of hydrogen-bond donors (Lipinski definition) is 2. The van der Waals surface area contributed by atoms with Crippen LogP contribution in [-0.2, 0) is 17.4 Å². The second kappa shape index (κ2) is 6.21. The third-order valence-corrected chi connectivity index (χ3v) is 3.38. The molecule has 0 aliphatic heterocycles. The molecule has 2 aromatic rings. The van der Waals surface area contributed by atoms with Gasteiger partial charge in [-0.3, -0.25) is 9.89 Å². The van der Waals surface area contributed by atoms with Crippen molar-refractivity contribution in [3.8, 4) is 0 Å². The van der Waals surface area contributed by atoms with Crippen molar-refractivity contribution < 1.29 is 18.0 Å². The van der Waals surface area contributed by atoms with E-state index in [0.717, 1.165) is 29.1 Å². The molecule has 0 spiro atoms. The maximum atomic E-state index is 12.4. The van der Waals surface area contributed by atoms with E-state index in [0.29, 0.717) is 12.1 Å².